The first-order valence-electron chi connectivity index (χ1n) is 14.1. The van der Waals surface area contributed by atoms with Gasteiger partial charge in [0, 0.05) is 40.5 Å². The molecular formula is C33H36N3O11+. The first-order valence-corrected chi connectivity index (χ1v) is 14.1. The van der Waals surface area contributed by atoms with Crippen molar-refractivity contribution in [2.45, 2.75) is 58.4 Å². The number of hydrogen-bond acceptors (Lipinski definition) is 11. The Balaban J connectivity index is 0.00000500. The van der Waals surface area contributed by atoms with Crippen LogP contribution in [0.25, 0.3) is 22.1 Å². The molecule has 1 fully saturated rings. The summed E-state index contributed by atoms with van der Waals surface area (Å²) in [5.74, 6) is -1.08. The molecule has 2 heterocycles. The number of aromatic hydroxyl groups is 1. The minimum absolute atomic E-state index is 0. The van der Waals surface area contributed by atoms with Crippen LogP contribution in [-0.2, 0) is 14.2 Å². The van der Waals surface area contributed by atoms with E-state index in [9.17, 15) is 29.5 Å². The van der Waals surface area contributed by atoms with E-state index >= 15 is 0 Å². The number of aliphatic hydroxyl groups excluding tert-OH is 1. The number of aryl methyl sites for hydroxylation is 1. The van der Waals surface area contributed by atoms with Crippen LogP contribution < -0.4 is 26.6 Å². The third kappa shape index (κ3) is 6.79. The molecule has 14 heteroatoms. The minimum atomic E-state index is -1.52. The van der Waals surface area contributed by atoms with Gasteiger partial charge in [-0.3, -0.25) is 4.79 Å². The van der Waals surface area contributed by atoms with Gasteiger partial charge in [0.25, 0.3) is 11.6 Å². The van der Waals surface area contributed by atoms with Crippen molar-refractivity contribution in [2.75, 3.05) is 12.4 Å². The number of ether oxygens (including phenoxy) is 4. The molecule has 1 saturated heterocycles. The van der Waals surface area contributed by atoms with Crippen LogP contribution >= 0.6 is 0 Å². The molecule has 2 amide bonds. The number of nitrogens with two attached hydrogens (primary N) is 1. The first kappa shape index (κ1) is 34.6. The Hall–Kier alpha value is -5.31. The van der Waals surface area contributed by atoms with Gasteiger partial charge in [-0.15, -0.1) is 0 Å². The van der Waals surface area contributed by atoms with Gasteiger partial charge in [-0.25, -0.2) is 9.59 Å². The lowest BCUT2D eigenvalue weighted by Gasteiger charge is -2.47. The molecule has 4 aromatic rings. The maximum Gasteiger partial charge on any atom is 0.404 e. The number of hydrogen-bond donors (Lipinski definition) is 5. The molecule has 14 nitrogen and oxygen atoms in total. The number of primary amides is 1. The number of amides is 2. The number of fused-ring (bicyclic) bond motifs is 1. The fraction of sp³-hybridized carbons (Fsp3) is 0.303. The summed E-state index contributed by atoms with van der Waals surface area (Å²) in [6.45, 7) is 4.86. The number of nitrogens with one attached hydrogen (secondary N) is 2. The Labute approximate surface area is 269 Å². The molecular weight excluding hydrogens is 614 g/mol. The van der Waals surface area contributed by atoms with Crippen molar-refractivity contribution in [3.05, 3.63) is 87.1 Å². The highest BCUT2D eigenvalue weighted by Gasteiger charge is 2.53. The standard InChI is InChI=1S/C32H31N3O11.CH4/c1-15-21(43-30-24(37)26(45-31(33)40)27(42-4)32(2,3)46-30)13-12-20-23(36)22(29(39)44-25(15)20)34-28(38)18-7-5-6-17(14-18)16-8-10-19(35-41)11-9-16;/h5-14,24,26-27,30,36-37H,1-4H3,(H2,33,40)(H,34,38);1H4/p+1/t24-,26+,27-,30-;/m1./s1. The van der Waals surface area contributed by atoms with Crippen molar-refractivity contribution in [1.29, 1.82) is 0 Å². The van der Waals surface area contributed by atoms with Crippen molar-refractivity contribution in [2.24, 2.45) is 5.73 Å². The second-order valence-corrected chi connectivity index (χ2v) is 11.1. The van der Waals surface area contributed by atoms with E-state index in [0.29, 0.717) is 11.3 Å². The minimum Gasteiger partial charge on any atom is -0.505 e. The molecule has 1 aromatic heterocycles. The normalized spacial score (nSPS) is 20.1. The lowest BCUT2D eigenvalue weighted by atomic mass is 9.89. The van der Waals surface area contributed by atoms with Crippen LogP contribution in [0.4, 0.5) is 16.2 Å². The second kappa shape index (κ2) is 13.6. The van der Waals surface area contributed by atoms with Crippen molar-refractivity contribution < 1.29 is 48.3 Å². The monoisotopic (exact) mass is 650 g/mol. The van der Waals surface area contributed by atoms with Crippen LogP contribution in [0.5, 0.6) is 11.5 Å². The molecule has 5 rings (SSSR count). The number of nitroso groups, excluding NO2 is 1. The van der Waals surface area contributed by atoms with Crippen LogP contribution in [0.3, 0.4) is 0 Å². The van der Waals surface area contributed by atoms with Gasteiger partial charge in [-0.2, -0.15) is 0 Å². The number of methoxy groups -OCH3 is 1. The smallest absolute Gasteiger partial charge is 0.404 e. The van der Waals surface area contributed by atoms with Gasteiger partial charge in [0.05, 0.1) is 11.0 Å². The average molecular weight is 651 g/mol. The van der Waals surface area contributed by atoms with Crippen molar-refractivity contribution in [3.63, 3.8) is 0 Å². The van der Waals surface area contributed by atoms with E-state index in [1.165, 1.54) is 25.3 Å². The molecule has 0 bridgehead atoms. The fourth-order valence-corrected chi connectivity index (χ4v) is 5.43. The summed E-state index contributed by atoms with van der Waals surface area (Å²) in [5, 5.41) is 26.3. The quantitative estimate of drug-likeness (QED) is 0.175. The highest BCUT2D eigenvalue weighted by Crippen LogP contribution is 2.38. The molecule has 0 spiro atoms. The zero-order valence-electron chi connectivity index (χ0n) is 25.2. The van der Waals surface area contributed by atoms with Gasteiger partial charge in [-0.1, -0.05) is 19.6 Å². The molecule has 0 unspecified atom stereocenters. The molecule has 0 saturated carbocycles. The summed E-state index contributed by atoms with van der Waals surface area (Å²) in [6.07, 6.45) is -6.12. The molecule has 1 aliphatic rings. The van der Waals surface area contributed by atoms with E-state index < -0.39 is 59.3 Å². The summed E-state index contributed by atoms with van der Waals surface area (Å²) in [7, 11) is 1.37. The predicted octanol–water partition coefficient (Wildman–Crippen LogP) is 3.19. The van der Waals surface area contributed by atoms with E-state index in [2.05, 4.69) is 5.32 Å². The maximum absolute atomic E-state index is 13.1. The van der Waals surface area contributed by atoms with E-state index in [1.807, 2.05) is 0 Å². The summed E-state index contributed by atoms with van der Waals surface area (Å²) in [5.41, 5.74) is 4.86. The predicted molar refractivity (Wildman–Crippen MR) is 170 cm³/mol. The number of benzene rings is 3. The van der Waals surface area contributed by atoms with Gasteiger partial charge in [0.2, 0.25) is 6.29 Å². The van der Waals surface area contributed by atoms with Crippen molar-refractivity contribution in [3.8, 4) is 22.6 Å². The van der Waals surface area contributed by atoms with Crippen LogP contribution in [-0.4, -0.2) is 59.5 Å². The van der Waals surface area contributed by atoms with Gasteiger partial charge in [0.1, 0.15) is 17.4 Å². The zero-order chi connectivity index (χ0) is 33.3. The second-order valence-electron chi connectivity index (χ2n) is 11.1. The molecule has 1 aliphatic heterocycles. The van der Waals surface area contributed by atoms with Crippen LogP contribution in [0.1, 0.15) is 37.2 Å². The van der Waals surface area contributed by atoms with Gasteiger partial charge < -0.3 is 44.6 Å². The topological polar surface area (TPSA) is 211 Å². The average Bonchev–Trinajstić information content (AvgIpc) is 3.02. The Morgan fingerprint density at radius 1 is 1.06 bits per heavy atom. The lowest BCUT2D eigenvalue weighted by Crippen LogP contribution is -2.65. The first-order chi connectivity index (χ1) is 21.8. The summed E-state index contributed by atoms with van der Waals surface area (Å²) < 4.78 is 27.9. The number of aliphatic hydroxyl groups is 1. The lowest BCUT2D eigenvalue weighted by molar-refractivity contribution is -0.379. The van der Waals surface area contributed by atoms with Crippen LogP contribution in [0.15, 0.2) is 69.9 Å². The van der Waals surface area contributed by atoms with E-state index in [-0.39, 0.29) is 35.3 Å². The number of carbonyl (C=O) groups excluding carboxylic acids is 2. The van der Waals surface area contributed by atoms with Gasteiger partial charge in [0.15, 0.2) is 23.6 Å². The molecule has 4 atom stereocenters. The van der Waals surface area contributed by atoms with Crippen molar-refractivity contribution >= 4 is 34.3 Å². The van der Waals surface area contributed by atoms with Crippen LogP contribution in [0, 0.1) is 11.8 Å². The number of rotatable bonds is 8. The maximum atomic E-state index is 13.1. The highest BCUT2D eigenvalue weighted by atomic mass is 16.7. The third-order valence-corrected chi connectivity index (χ3v) is 7.71. The Bertz CT molecular complexity index is 1870. The van der Waals surface area contributed by atoms with Gasteiger partial charge in [-0.05, 0) is 68.3 Å². The number of anilines is 1. The highest BCUT2D eigenvalue weighted by molar-refractivity contribution is 6.07. The molecule has 6 N–H and O–H groups in total. The Kier molecular flexibility index (Phi) is 9.99. The van der Waals surface area contributed by atoms with E-state index in [1.54, 1.807) is 68.4 Å². The van der Waals surface area contributed by atoms with E-state index in [4.69, 9.17) is 29.1 Å². The Morgan fingerprint density at radius 2 is 1.77 bits per heavy atom. The van der Waals surface area contributed by atoms with Crippen molar-refractivity contribution in [1.82, 2.24) is 0 Å². The summed E-state index contributed by atoms with van der Waals surface area (Å²) in [4.78, 5) is 48.5. The SMILES string of the molecule is C.CO[C@@H]1[C@@H](OC(N)=O)[C@@H](O)[C@H](Oc2ccc3c(O)c(NC(=O)c4cccc(-c5ccc([NH+]=O)cc5)c4)c(=O)oc3c2C)OC1(C)C. The molecule has 3 aromatic carbocycles. The zero-order valence-corrected chi connectivity index (χ0v) is 25.2. The summed E-state index contributed by atoms with van der Waals surface area (Å²) in [6, 6.07) is 16.1. The summed E-state index contributed by atoms with van der Waals surface area (Å²) >= 11 is 0. The molecule has 248 valence electrons. The Morgan fingerprint density at radius 3 is 2.40 bits per heavy atom. The molecule has 47 heavy (non-hydrogen) atoms. The largest absolute Gasteiger partial charge is 0.505 e. The van der Waals surface area contributed by atoms with Crippen LogP contribution in [0.2, 0.25) is 0 Å². The molecule has 0 radical (unpaired) electrons. The molecule has 0 aliphatic carbocycles. The number of carbonyl (C=O) groups is 2. The fourth-order valence-electron chi connectivity index (χ4n) is 5.43. The third-order valence-electron chi connectivity index (χ3n) is 7.71. The van der Waals surface area contributed by atoms with E-state index in [0.717, 1.165) is 5.56 Å². The van der Waals surface area contributed by atoms with Gasteiger partial charge >= 0.3 is 11.7 Å².